The van der Waals surface area contributed by atoms with Crippen molar-refractivity contribution in [2.45, 2.75) is 0 Å². The van der Waals surface area contributed by atoms with E-state index in [4.69, 9.17) is 11.6 Å². The van der Waals surface area contributed by atoms with E-state index in [9.17, 15) is 20.0 Å². The summed E-state index contributed by atoms with van der Waals surface area (Å²) in [6.07, 6.45) is 3.57. The molecule has 10 nitrogen and oxygen atoms in total. The molecule has 0 N–H and O–H groups in total. The van der Waals surface area contributed by atoms with Crippen LogP contribution in [0.25, 0.3) is 16.7 Å². The predicted molar refractivity (Wildman–Crippen MR) is 104 cm³/mol. The zero-order valence-corrected chi connectivity index (χ0v) is 15.2. The third kappa shape index (κ3) is 3.32. The van der Waals surface area contributed by atoms with Crippen LogP contribution in [0.2, 0.25) is 5.02 Å². The van der Waals surface area contributed by atoms with Gasteiger partial charge in [0, 0.05) is 11.1 Å². The quantitative estimate of drug-likeness (QED) is 0.288. The summed E-state index contributed by atoms with van der Waals surface area (Å²) >= 11 is 5.82. The second-order valence-electron chi connectivity index (χ2n) is 5.87. The number of hydrogen-bond donors (Lipinski definition) is 0. The number of nitro benzene ring substituents is 1. The molecule has 2 aromatic heterocycles. The second-order valence-corrected chi connectivity index (χ2v) is 6.30. The van der Waals surface area contributed by atoms with Crippen LogP contribution in [0.1, 0.15) is 5.56 Å². The van der Waals surface area contributed by atoms with Gasteiger partial charge in [0.25, 0.3) is 11.2 Å². The Kier molecular flexibility index (Phi) is 4.53. The van der Waals surface area contributed by atoms with Gasteiger partial charge in [-0.3, -0.25) is 14.9 Å². The van der Waals surface area contributed by atoms with E-state index in [1.165, 1.54) is 23.3 Å². The largest absolute Gasteiger partial charge is 0.867 e. The van der Waals surface area contributed by atoms with Gasteiger partial charge >= 0.3 is 0 Å². The minimum Gasteiger partial charge on any atom is -0.867 e. The van der Waals surface area contributed by atoms with Crippen molar-refractivity contribution in [2.75, 3.05) is 0 Å². The highest BCUT2D eigenvalue weighted by Crippen LogP contribution is 2.30. The average Bonchev–Trinajstić information content (AvgIpc) is 3.15. The lowest BCUT2D eigenvalue weighted by molar-refractivity contribution is -0.398. The first-order chi connectivity index (χ1) is 14.0. The molecule has 29 heavy (non-hydrogen) atoms. The number of hydrogen-bond acceptors (Lipinski definition) is 7. The third-order valence-corrected chi connectivity index (χ3v) is 4.27. The Morgan fingerprint density at radius 1 is 1.21 bits per heavy atom. The SMILES string of the molecule is O=c1c2cnn(-c3ccccc3)c2ncn1/N=C\c1cc(Cl)cc([N+](=O)[O-])c1[O-]. The molecule has 2 aromatic carbocycles. The lowest BCUT2D eigenvalue weighted by Crippen LogP contribution is -2.17. The molecule has 11 heteroatoms. The van der Waals surface area contributed by atoms with E-state index >= 15 is 0 Å². The number of fused-ring (bicyclic) bond motifs is 1. The van der Waals surface area contributed by atoms with Gasteiger partial charge < -0.3 is 5.11 Å². The van der Waals surface area contributed by atoms with Crippen molar-refractivity contribution in [3.05, 3.63) is 86.0 Å². The summed E-state index contributed by atoms with van der Waals surface area (Å²) in [5.74, 6) is -0.859. The molecule has 0 spiro atoms. The van der Waals surface area contributed by atoms with E-state index in [-0.39, 0.29) is 16.0 Å². The van der Waals surface area contributed by atoms with Crippen LogP contribution in [-0.4, -0.2) is 30.6 Å². The first kappa shape index (κ1) is 18.3. The summed E-state index contributed by atoms with van der Waals surface area (Å²) in [6, 6.07) is 11.3. The fourth-order valence-electron chi connectivity index (χ4n) is 2.70. The third-order valence-electron chi connectivity index (χ3n) is 4.05. The summed E-state index contributed by atoms with van der Waals surface area (Å²) < 4.78 is 2.42. The van der Waals surface area contributed by atoms with Crippen molar-refractivity contribution < 1.29 is 10.0 Å². The van der Waals surface area contributed by atoms with Crippen molar-refractivity contribution in [1.82, 2.24) is 19.4 Å². The Bertz CT molecular complexity index is 1330. The average molecular weight is 410 g/mol. The van der Waals surface area contributed by atoms with Gasteiger partial charge in [-0.2, -0.15) is 14.9 Å². The number of nitrogens with zero attached hydrogens (tertiary/aromatic N) is 6. The van der Waals surface area contributed by atoms with Crippen molar-refractivity contribution in [3.63, 3.8) is 0 Å². The van der Waals surface area contributed by atoms with Gasteiger partial charge in [-0.15, -0.1) is 0 Å². The van der Waals surface area contributed by atoms with Gasteiger partial charge in [-0.05, 0) is 29.5 Å². The maximum Gasteiger partial charge on any atom is 0.285 e. The monoisotopic (exact) mass is 409 g/mol. The second kappa shape index (κ2) is 7.17. The molecule has 0 saturated carbocycles. The van der Waals surface area contributed by atoms with Crippen molar-refractivity contribution in [3.8, 4) is 11.4 Å². The summed E-state index contributed by atoms with van der Waals surface area (Å²) in [5, 5.41) is 31.4. The zero-order valence-electron chi connectivity index (χ0n) is 14.5. The Labute approximate surface area is 167 Å². The van der Waals surface area contributed by atoms with Gasteiger partial charge in [0.15, 0.2) is 5.65 Å². The first-order valence-corrected chi connectivity index (χ1v) is 8.53. The molecular weight excluding hydrogens is 400 g/mol. The molecule has 4 rings (SSSR count). The number of para-hydroxylation sites is 1. The van der Waals surface area contributed by atoms with Crippen molar-refractivity contribution in [1.29, 1.82) is 0 Å². The van der Waals surface area contributed by atoms with Crippen LogP contribution in [0.3, 0.4) is 0 Å². The Balaban J connectivity index is 1.76. The van der Waals surface area contributed by atoms with Gasteiger partial charge in [-0.25, -0.2) is 9.67 Å². The highest BCUT2D eigenvalue weighted by molar-refractivity contribution is 6.31. The van der Waals surface area contributed by atoms with Crippen LogP contribution in [0.5, 0.6) is 5.75 Å². The maximum absolute atomic E-state index is 12.7. The van der Waals surface area contributed by atoms with Crippen LogP contribution in [0.4, 0.5) is 5.69 Å². The zero-order chi connectivity index (χ0) is 20.5. The lowest BCUT2D eigenvalue weighted by Gasteiger charge is -2.10. The van der Waals surface area contributed by atoms with Crippen molar-refractivity contribution in [2.24, 2.45) is 5.10 Å². The molecule has 0 saturated heterocycles. The molecule has 0 aliphatic rings. The highest BCUT2D eigenvalue weighted by Gasteiger charge is 2.13. The molecule has 0 atom stereocenters. The lowest BCUT2D eigenvalue weighted by atomic mass is 10.2. The molecule has 2 heterocycles. The summed E-state index contributed by atoms with van der Waals surface area (Å²) in [7, 11) is 0. The van der Waals surface area contributed by atoms with E-state index in [0.29, 0.717) is 5.65 Å². The van der Waals surface area contributed by atoms with Gasteiger partial charge in [0.05, 0.1) is 23.0 Å². The molecule has 0 aliphatic heterocycles. The molecule has 0 unspecified atom stereocenters. The summed E-state index contributed by atoms with van der Waals surface area (Å²) in [5.41, 5.74) is -0.244. The molecule has 0 fully saturated rings. The van der Waals surface area contributed by atoms with Gasteiger partial charge in [-0.1, -0.05) is 29.8 Å². The molecule has 0 aliphatic carbocycles. The van der Waals surface area contributed by atoms with Gasteiger partial charge in [0.2, 0.25) is 0 Å². The van der Waals surface area contributed by atoms with Crippen LogP contribution in [0.15, 0.2) is 64.9 Å². The topological polar surface area (TPSA) is 131 Å². The molecule has 144 valence electrons. The molecule has 0 bridgehead atoms. The molecule has 4 aromatic rings. The normalized spacial score (nSPS) is 11.3. The molecule has 0 radical (unpaired) electrons. The van der Waals surface area contributed by atoms with E-state index < -0.39 is 21.9 Å². The standard InChI is InChI=1S/C18H11ClN6O4/c19-12-6-11(16(26)15(7-12)25(28)29)8-21-23-10-20-17-14(18(23)27)9-22-24(17)13-4-2-1-3-5-13/h1-10,26H/p-1/b21-8-. The van der Waals surface area contributed by atoms with Crippen LogP contribution < -0.4 is 10.7 Å². The van der Waals surface area contributed by atoms with Crippen LogP contribution >= 0.6 is 11.6 Å². The smallest absolute Gasteiger partial charge is 0.285 e. The van der Waals surface area contributed by atoms with Crippen LogP contribution in [-0.2, 0) is 0 Å². The summed E-state index contributed by atoms with van der Waals surface area (Å²) in [6.45, 7) is 0. The van der Waals surface area contributed by atoms with Gasteiger partial charge in [0.1, 0.15) is 11.7 Å². The molecular formula is C18H10ClN6O4-. The fraction of sp³-hybridized carbons (Fsp3) is 0. The predicted octanol–water partition coefficient (Wildman–Crippen LogP) is 2.10. The van der Waals surface area contributed by atoms with Crippen molar-refractivity contribution >= 4 is 34.5 Å². The summed E-state index contributed by atoms with van der Waals surface area (Å²) in [4.78, 5) is 27.0. The Morgan fingerprint density at radius 3 is 2.69 bits per heavy atom. The number of nitro groups is 1. The van der Waals surface area contributed by atoms with E-state index in [1.807, 2.05) is 30.3 Å². The van der Waals surface area contributed by atoms with E-state index in [1.54, 1.807) is 0 Å². The fourth-order valence-corrected chi connectivity index (χ4v) is 2.92. The maximum atomic E-state index is 12.7. The highest BCUT2D eigenvalue weighted by atomic mass is 35.5. The molecule has 0 amide bonds. The number of benzene rings is 2. The van der Waals surface area contributed by atoms with E-state index in [0.717, 1.165) is 22.6 Å². The Hall–Kier alpha value is -4.05. The van der Waals surface area contributed by atoms with E-state index in [2.05, 4.69) is 15.2 Å². The number of rotatable bonds is 4. The van der Waals surface area contributed by atoms with Crippen LogP contribution in [0, 0.1) is 10.1 Å². The minimum atomic E-state index is -0.859. The first-order valence-electron chi connectivity index (χ1n) is 8.16. The minimum absolute atomic E-state index is 0.00260. The number of aromatic nitrogens is 4. The Morgan fingerprint density at radius 2 is 1.97 bits per heavy atom. The number of halogens is 1.